The van der Waals surface area contributed by atoms with Crippen molar-refractivity contribution in [1.29, 1.82) is 0 Å². The third-order valence-electron chi connectivity index (χ3n) is 3.73. The fourth-order valence-corrected chi connectivity index (χ4v) is 2.13. The Balaban J connectivity index is 2.36. The Labute approximate surface area is 99.2 Å². The molecule has 1 rings (SSSR count). The van der Waals surface area contributed by atoms with Crippen LogP contribution in [0.5, 0.6) is 0 Å². The molecule has 1 fully saturated rings. The first-order valence-electron chi connectivity index (χ1n) is 6.35. The van der Waals surface area contributed by atoms with Gasteiger partial charge in [-0.25, -0.2) is 0 Å². The molecule has 0 saturated heterocycles. The van der Waals surface area contributed by atoms with Crippen LogP contribution in [0, 0.1) is 11.3 Å². The van der Waals surface area contributed by atoms with Gasteiger partial charge in [-0.2, -0.15) is 0 Å². The summed E-state index contributed by atoms with van der Waals surface area (Å²) in [7, 11) is 0. The van der Waals surface area contributed by atoms with E-state index in [9.17, 15) is 4.79 Å². The van der Waals surface area contributed by atoms with Crippen molar-refractivity contribution < 1.29 is 4.79 Å². The van der Waals surface area contributed by atoms with Crippen molar-refractivity contribution in [2.75, 3.05) is 0 Å². The van der Waals surface area contributed by atoms with Crippen molar-refractivity contribution >= 4 is 5.91 Å². The van der Waals surface area contributed by atoms with Crippen LogP contribution >= 0.6 is 0 Å². The molecule has 3 nitrogen and oxygen atoms in total. The molecule has 94 valence electrons. The van der Waals surface area contributed by atoms with Gasteiger partial charge < -0.3 is 11.1 Å². The Bertz CT molecular complexity index is 239. The second-order valence-electron chi connectivity index (χ2n) is 6.26. The van der Waals surface area contributed by atoms with Crippen LogP contribution in [-0.2, 0) is 4.79 Å². The summed E-state index contributed by atoms with van der Waals surface area (Å²) in [5.74, 6) is 0.732. The number of hydrogen-bond acceptors (Lipinski definition) is 2. The minimum absolute atomic E-state index is 0.00136. The predicted octanol–water partition coefficient (Wildman–Crippen LogP) is 2.05. The maximum atomic E-state index is 11.8. The van der Waals surface area contributed by atoms with E-state index in [1.807, 2.05) is 0 Å². The quantitative estimate of drug-likeness (QED) is 0.774. The maximum absolute atomic E-state index is 11.8. The van der Waals surface area contributed by atoms with Crippen LogP contribution in [0.15, 0.2) is 0 Å². The summed E-state index contributed by atoms with van der Waals surface area (Å²) >= 11 is 0. The third-order valence-corrected chi connectivity index (χ3v) is 3.73. The lowest BCUT2D eigenvalue weighted by Crippen LogP contribution is -2.43. The lowest BCUT2D eigenvalue weighted by molar-refractivity contribution is -0.122. The van der Waals surface area contributed by atoms with Gasteiger partial charge in [-0.15, -0.1) is 0 Å². The van der Waals surface area contributed by atoms with Crippen molar-refractivity contribution in [1.82, 2.24) is 5.32 Å². The van der Waals surface area contributed by atoms with Crippen LogP contribution in [-0.4, -0.2) is 18.0 Å². The zero-order chi connectivity index (χ0) is 12.3. The Kier molecular flexibility index (Phi) is 4.36. The summed E-state index contributed by atoms with van der Waals surface area (Å²) < 4.78 is 0. The average molecular weight is 226 g/mol. The molecule has 0 aromatic heterocycles. The molecule has 0 aliphatic heterocycles. The molecule has 0 spiro atoms. The lowest BCUT2D eigenvalue weighted by atomic mass is 9.85. The van der Waals surface area contributed by atoms with Gasteiger partial charge in [-0.3, -0.25) is 4.79 Å². The number of amides is 1. The molecular weight excluding hydrogens is 200 g/mol. The van der Waals surface area contributed by atoms with E-state index < -0.39 is 0 Å². The smallest absolute Gasteiger partial charge is 0.221 e. The first-order chi connectivity index (χ1) is 7.30. The molecule has 0 aromatic carbocycles. The van der Waals surface area contributed by atoms with Gasteiger partial charge in [-0.1, -0.05) is 34.1 Å². The highest BCUT2D eigenvalue weighted by molar-refractivity contribution is 5.77. The van der Waals surface area contributed by atoms with Crippen molar-refractivity contribution in [3.8, 4) is 0 Å². The summed E-state index contributed by atoms with van der Waals surface area (Å²) in [4.78, 5) is 11.8. The van der Waals surface area contributed by atoms with Crippen LogP contribution in [0.4, 0.5) is 0 Å². The summed E-state index contributed by atoms with van der Waals surface area (Å²) in [6, 6.07) is 0.309. The van der Waals surface area contributed by atoms with Crippen LogP contribution in [0.3, 0.4) is 0 Å². The van der Waals surface area contributed by atoms with E-state index in [0.717, 1.165) is 6.42 Å². The minimum Gasteiger partial charge on any atom is -0.353 e. The van der Waals surface area contributed by atoms with Gasteiger partial charge in [0.15, 0.2) is 0 Å². The maximum Gasteiger partial charge on any atom is 0.221 e. The monoisotopic (exact) mass is 226 g/mol. The molecule has 1 saturated carbocycles. The van der Waals surface area contributed by atoms with E-state index in [4.69, 9.17) is 5.73 Å². The molecule has 0 heterocycles. The highest BCUT2D eigenvalue weighted by Crippen LogP contribution is 2.25. The number of carbonyl (C=O) groups is 1. The van der Waals surface area contributed by atoms with E-state index in [-0.39, 0.29) is 17.4 Å². The van der Waals surface area contributed by atoms with Gasteiger partial charge >= 0.3 is 0 Å². The first-order valence-corrected chi connectivity index (χ1v) is 6.35. The fraction of sp³-hybridized carbons (Fsp3) is 0.923. The highest BCUT2D eigenvalue weighted by atomic mass is 16.1. The molecule has 1 aliphatic carbocycles. The van der Waals surface area contributed by atoms with Crippen LogP contribution in [0.25, 0.3) is 0 Å². The molecule has 3 heteroatoms. The van der Waals surface area contributed by atoms with Gasteiger partial charge in [0.1, 0.15) is 0 Å². The predicted molar refractivity (Wildman–Crippen MR) is 67.0 cm³/mol. The standard InChI is InChI=1S/C13H26N2O/c1-9-6-5-7-10(9)15-12(16)8-11(14)13(2,3)4/h9-11H,5-8,14H2,1-4H3,(H,15,16). The molecule has 3 atom stereocenters. The largest absolute Gasteiger partial charge is 0.353 e. The molecule has 0 radical (unpaired) electrons. The van der Waals surface area contributed by atoms with Gasteiger partial charge in [0.05, 0.1) is 0 Å². The average Bonchev–Trinajstić information content (AvgIpc) is 2.50. The van der Waals surface area contributed by atoms with E-state index in [1.54, 1.807) is 0 Å². The highest BCUT2D eigenvalue weighted by Gasteiger charge is 2.27. The summed E-state index contributed by atoms with van der Waals surface area (Å²) in [6.07, 6.45) is 4.03. The number of nitrogens with two attached hydrogens (primary N) is 1. The van der Waals surface area contributed by atoms with E-state index in [2.05, 4.69) is 33.0 Å². The molecule has 3 unspecified atom stereocenters. The second-order valence-corrected chi connectivity index (χ2v) is 6.26. The van der Waals surface area contributed by atoms with Gasteiger partial charge in [0, 0.05) is 18.5 Å². The normalized spacial score (nSPS) is 27.8. The number of hydrogen-bond donors (Lipinski definition) is 2. The SMILES string of the molecule is CC1CCCC1NC(=O)CC(N)C(C)(C)C. The Hall–Kier alpha value is -0.570. The second kappa shape index (κ2) is 5.17. The first kappa shape index (κ1) is 13.5. The molecule has 16 heavy (non-hydrogen) atoms. The Morgan fingerprint density at radius 1 is 1.44 bits per heavy atom. The molecule has 0 bridgehead atoms. The van der Waals surface area contributed by atoms with Crippen molar-refractivity contribution in [2.45, 2.75) is 65.5 Å². The number of rotatable bonds is 3. The van der Waals surface area contributed by atoms with Gasteiger partial charge in [0.2, 0.25) is 5.91 Å². The van der Waals surface area contributed by atoms with Crippen molar-refractivity contribution in [3.63, 3.8) is 0 Å². The molecular formula is C13H26N2O. The third kappa shape index (κ3) is 3.78. The number of nitrogens with one attached hydrogen (secondary N) is 1. The molecule has 1 aliphatic rings. The zero-order valence-electron chi connectivity index (χ0n) is 11.0. The van der Waals surface area contributed by atoms with Crippen LogP contribution in [0.1, 0.15) is 53.4 Å². The summed E-state index contributed by atoms with van der Waals surface area (Å²) in [5, 5.41) is 3.11. The summed E-state index contributed by atoms with van der Waals surface area (Å²) in [5.41, 5.74) is 6.00. The molecule has 1 amide bonds. The number of carbonyl (C=O) groups excluding carboxylic acids is 1. The van der Waals surface area contributed by atoms with Crippen molar-refractivity contribution in [2.24, 2.45) is 17.1 Å². The zero-order valence-corrected chi connectivity index (χ0v) is 11.0. The van der Waals surface area contributed by atoms with Crippen molar-refractivity contribution in [3.05, 3.63) is 0 Å². The van der Waals surface area contributed by atoms with E-state index in [0.29, 0.717) is 18.4 Å². The Morgan fingerprint density at radius 2 is 2.06 bits per heavy atom. The molecule has 0 aromatic rings. The van der Waals surface area contributed by atoms with Gasteiger partial charge in [-0.05, 0) is 24.2 Å². The summed E-state index contributed by atoms with van der Waals surface area (Å²) in [6.45, 7) is 8.43. The fourth-order valence-electron chi connectivity index (χ4n) is 2.13. The minimum atomic E-state index is -0.0655. The Morgan fingerprint density at radius 3 is 2.50 bits per heavy atom. The molecule has 3 N–H and O–H groups in total. The van der Waals surface area contributed by atoms with Gasteiger partial charge in [0.25, 0.3) is 0 Å². The van der Waals surface area contributed by atoms with Crippen LogP contribution < -0.4 is 11.1 Å². The van der Waals surface area contributed by atoms with E-state index in [1.165, 1.54) is 12.8 Å². The van der Waals surface area contributed by atoms with E-state index >= 15 is 0 Å². The lowest BCUT2D eigenvalue weighted by Gasteiger charge is -2.27. The van der Waals surface area contributed by atoms with Crippen LogP contribution in [0.2, 0.25) is 0 Å². The topological polar surface area (TPSA) is 55.1 Å².